The Bertz CT molecular complexity index is 872. The first kappa shape index (κ1) is 18.8. The third kappa shape index (κ3) is 3.46. The molecule has 0 aliphatic heterocycles. The first-order valence-electron chi connectivity index (χ1n) is 9.60. The van der Waals surface area contributed by atoms with Gasteiger partial charge in [0.15, 0.2) is 5.69 Å². The van der Waals surface area contributed by atoms with E-state index >= 15 is 0 Å². The second-order valence-corrected chi connectivity index (χ2v) is 8.23. The molecule has 2 bridgehead atoms. The predicted molar refractivity (Wildman–Crippen MR) is 102 cm³/mol. The summed E-state index contributed by atoms with van der Waals surface area (Å²) in [5, 5.41) is 3.50. The number of hydrogen-bond acceptors (Lipinski definition) is 2. The van der Waals surface area contributed by atoms with Crippen LogP contribution in [0.1, 0.15) is 49.8 Å². The number of fused-ring (bicyclic) bond motifs is 3. The van der Waals surface area contributed by atoms with Crippen LogP contribution in [0.5, 0.6) is 0 Å². The Morgan fingerprint density at radius 1 is 1.04 bits per heavy atom. The standard InChI is InChI=1S/C22H22F3N3/c1-26-17-3-2-4-18(13-17)28-15-20-7-10-21(11-8-20,12-9-20)19-6-5-16(14-27-19)22(23,24)25/h2-6,13-14,28H,7-12,15H2. The zero-order valence-corrected chi connectivity index (χ0v) is 15.5. The molecular formula is C22H22F3N3. The van der Waals surface area contributed by atoms with Gasteiger partial charge in [-0.1, -0.05) is 12.1 Å². The molecule has 3 nitrogen and oxygen atoms in total. The highest BCUT2D eigenvalue weighted by Gasteiger charge is 2.50. The summed E-state index contributed by atoms with van der Waals surface area (Å²) in [5.74, 6) is 0. The molecule has 1 aromatic heterocycles. The van der Waals surface area contributed by atoms with Crippen LogP contribution < -0.4 is 5.32 Å². The van der Waals surface area contributed by atoms with E-state index in [4.69, 9.17) is 6.57 Å². The van der Waals surface area contributed by atoms with Crippen molar-refractivity contribution in [3.63, 3.8) is 0 Å². The first-order valence-corrected chi connectivity index (χ1v) is 9.60. The van der Waals surface area contributed by atoms with E-state index < -0.39 is 11.7 Å². The molecule has 5 rings (SSSR count). The second kappa shape index (κ2) is 6.80. The Balaban J connectivity index is 1.43. The SMILES string of the molecule is [C-]#[N+]c1cccc(NCC23CCC(c4ccc(C(F)(F)F)cn4)(CC2)CC3)c1. The van der Waals surface area contributed by atoms with E-state index in [0.717, 1.165) is 62.6 Å². The van der Waals surface area contributed by atoms with Gasteiger partial charge < -0.3 is 5.32 Å². The van der Waals surface area contributed by atoms with Crippen molar-refractivity contribution in [1.29, 1.82) is 0 Å². The van der Waals surface area contributed by atoms with E-state index in [1.807, 2.05) is 18.2 Å². The minimum Gasteiger partial charge on any atom is -0.386 e. The maximum Gasteiger partial charge on any atom is 0.417 e. The molecule has 0 amide bonds. The zero-order valence-electron chi connectivity index (χ0n) is 15.5. The highest BCUT2D eigenvalue weighted by Crippen LogP contribution is 2.57. The predicted octanol–water partition coefficient (Wildman–Crippen LogP) is 6.36. The molecule has 2 aromatic rings. The average Bonchev–Trinajstić information content (AvgIpc) is 2.73. The molecule has 1 N–H and O–H groups in total. The molecular weight excluding hydrogens is 363 g/mol. The fourth-order valence-electron chi connectivity index (χ4n) is 4.76. The van der Waals surface area contributed by atoms with E-state index in [0.29, 0.717) is 5.69 Å². The molecule has 3 fully saturated rings. The Morgan fingerprint density at radius 2 is 1.75 bits per heavy atom. The summed E-state index contributed by atoms with van der Waals surface area (Å²) in [6.07, 6.45) is 2.68. The summed E-state index contributed by atoms with van der Waals surface area (Å²) in [5.41, 5.74) is 1.88. The molecule has 3 aliphatic rings. The molecule has 28 heavy (non-hydrogen) atoms. The van der Waals surface area contributed by atoms with Crippen molar-refractivity contribution in [3.8, 4) is 0 Å². The van der Waals surface area contributed by atoms with Gasteiger partial charge in [0.05, 0.1) is 12.1 Å². The number of pyridine rings is 1. The number of nitrogens with one attached hydrogen (secondary N) is 1. The van der Waals surface area contributed by atoms with E-state index in [2.05, 4.69) is 15.1 Å². The van der Waals surface area contributed by atoms with Crippen molar-refractivity contribution in [2.24, 2.45) is 5.41 Å². The fourth-order valence-corrected chi connectivity index (χ4v) is 4.76. The lowest BCUT2D eigenvalue weighted by Gasteiger charge is -2.53. The molecule has 3 saturated carbocycles. The minimum absolute atomic E-state index is 0.0735. The summed E-state index contributed by atoms with van der Waals surface area (Å²) in [6.45, 7) is 7.99. The normalized spacial score (nSPS) is 26.6. The van der Waals surface area contributed by atoms with Crippen LogP contribution in [0.4, 0.5) is 24.5 Å². The van der Waals surface area contributed by atoms with Gasteiger partial charge in [0, 0.05) is 29.5 Å². The van der Waals surface area contributed by atoms with Gasteiger partial charge >= 0.3 is 6.18 Å². The van der Waals surface area contributed by atoms with Gasteiger partial charge in [-0.2, -0.15) is 13.2 Å². The number of benzene rings is 1. The van der Waals surface area contributed by atoms with Crippen LogP contribution in [0.2, 0.25) is 0 Å². The third-order valence-electron chi connectivity index (χ3n) is 6.68. The van der Waals surface area contributed by atoms with Crippen molar-refractivity contribution in [3.05, 3.63) is 65.3 Å². The Morgan fingerprint density at radius 3 is 2.32 bits per heavy atom. The number of hydrogen-bond donors (Lipinski definition) is 1. The molecule has 0 spiro atoms. The lowest BCUT2D eigenvalue weighted by Crippen LogP contribution is -2.47. The van der Waals surface area contributed by atoms with Crippen molar-refractivity contribution >= 4 is 11.4 Å². The molecule has 0 unspecified atom stereocenters. The zero-order chi connectivity index (χ0) is 19.8. The largest absolute Gasteiger partial charge is 0.417 e. The molecule has 1 aromatic carbocycles. The van der Waals surface area contributed by atoms with Crippen LogP contribution in [0, 0.1) is 12.0 Å². The topological polar surface area (TPSA) is 29.3 Å². The van der Waals surface area contributed by atoms with E-state index in [-0.39, 0.29) is 10.8 Å². The Hall–Kier alpha value is -2.55. The summed E-state index contributed by atoms with van der Waals surface area (Å²) in [4.78, 5) is 7.68. The summed E-state index contributed by atoms with van der Waals surface area (Å²) < 4.78 is 38.4. The number of halogens is 3. The summed E-state index contributed by atoms with van der Waals surface area (Å²) >= 11 is 0. The van der Waals surface area contributed by atoms with Gasteiger partial charge in [-0.25, -0.2) is 4.85 Å². The molecule has 0 atom stereocenters. The smallest absolute Gasteiger partial charge is 0.386 e. The van der Waals surface area contributed by atoms with Crippen molar-refractivity contribution in [1.82, 2.24) is 4.98 Å². The van der Waals surface area contributed by atoms with E-state index in [1.54, 1.807) is 12.1 Å². The third-order valence-corrected chi connectivity index (χ3v) is 6.68. The van der Waals surface area contributed by atoms with Gasteiger partial charge in [-0.05, 0) is 68.2 Å². The second-order valence-electron chi connectivity index (χ2n) is 8.23. The van der Waals surface area contributed by atoms with Gasteiger partial charge in [0.25, 0.3) is 0 Å². The highest BCUT2D eigenvalue weighted by molar-refractivity contribution is 5.57. The van der Waals surface area contributed by atoms with Crippen molar-refractivity contribution < 1.29 is 13.2 Å². The molecule has 3 aliphatic carbocycles. The van der Waals surface area contributed by atoms with E-state index in [9.17, 15) is 13.2 Å². The quantitative estimate of drug-likeness (QED) is 0.621. The maximum atomic E-state index is 12.8. The number of anilines is 1. The lowest BCUT2D eigenvalue weighted by molar-refractivity contribution is -0.137. The fraction of sp³-hybridized carbons (Fsp3) is 0.455. The van der Waals surface area contributed by atoms with Gasteiger partial charge in [-0.3, -0.25) is 4.98 Å². The monoisotopic (exact) mass is 385 g/mol. The number of rotatable bonds is 4. The first-order chi connectivity index (χ1) is 13.3. The summed E-state index contributed by atoms with van der Waals surface area (Å²) in [7, 11) is 0. The molecule has 6 heteroatoms. The molecule has 0 saturated heterocycles. The average molecular weight is 385 g/mol. The van der Waals surface area contributed by atoms with Gasteiger partial charge in [0.1, 0.15) is 0 Å². The minimum atomic E-state index is -4.34. The van der Waals surface area contributed by atoms with Crippen LogP contribution in [0.25, 0.3) is 4.85 Å². The van der Waals surface area contributed by atoms with Crippen LogP contribution in [-0.2, 0) is 11.6 Å². The van der Waals surface area contributed by atoms with Crippen molar-refractivity contribution in [2.75, 3.05) is 11.9 Å². The number of alkyl halides is 3. The lowest BCUT2D eigenvalue weighted by atomic mass is 9.52. The van der Waals surface area contributed by atoms with Gasteiger partial charge in [-0.15, -0.1) is 0 Å². The van der Waals surface area contributed by atoms with Crippen molar-refractivity contribution in [2.45, 2.75) is 50.1 Å². The van der Waals surface area contributed by atoms with Gasteiger partial charge in [0.2, 0.25) is 0 Å². The van der Waals surface area contributed by atoms with Crippen LogP contribution in [0.3, 0.4) is 0 Å². The number of nitrogens with zero attached hydrogens (tertiary/aromatic N) is 2. The number of aromatic nitrogens is 1. The summed E-state index contributed by atoms with van der Waals surface area (Å²) in [6, 6.07) is 10.3. The molecule has 1 heterocycles. The molecule has 0 radical (unpaired) electrons. The highest BCUT2D eigenvalue weighted by atomic mass is 19.4. The maximum absolute atomic E-state index is 12.8. The van der Waals surface area contributed by atoms with Crippen LogP contribution in [0.15, 0.2) is 42.6 Å². The Labute approximate surface area is 162 Å². The van der Waals surface area contributed by atoms with Crippen LogP contribution in [-0.4, -0.2) is 11.5 Å². The molecule has 146 valence electrons. The Kier molecular flexibility index (Phi) is 4.57. The van der Waals surface area contributed by atoms with E-state index in [1.165, 1.54) is 6.07 Å². The van der Waals surface area contributed by atoms with Crippen LogP contribution >= 0.6 is 0 Å².